The van der Waals surface area contributed by atoms with E-state index in [4.69, 9.17) is 26.8 Å². The predicted molar refractivity (Wildman–Crippen MR) is 77.6 cm³/mol. The highest BCUT2D eigenvalue weighted by molar-refractivity contribution is 5.73. The molecule has 0 aromatic rings. The third-order valence-corrected chi connectivity index (χ3v) is 2.18. The van der Waals surface area contributed by atoms with E-state index in [0.717, 1.165) is 0 Å². The normalized spacial score (nSPS) is 12.4. The van der Waals surface area contributed by atoms with Gasteiger partial charge in [0.25, 0.3) is 0 Å². The topological polar surface area (TPSA) is 190 Å². The van der Waals surface area contributed by atoms with E-state index in [0.29, 0.717) is 0 Å². The van der Waals surface area contributed by atoms with Crippen molar-refractivity contribution >= 4 is 17.9 Å². The van der Waals surface area contributed by atoms with E-state index in [-0.39, 0.29) is 18.4 Å². The van der Waals surface area contributed by atoms with Crippen LogP contribution in [0, 0.1) is 11.8 Å². The Morgan fingerprint density at radius 2 is 1.00 bits per heavy atom. The molecule has 0 unspecified atom stereocenters. The molecule has 9 nitrogen and oxygen atoms in total. The molecule has 0 aliphatic heterocycles. The molecule has 126 valence electrons. The molecule has 0 spiro atoms. The van der Waals surface area contributed by atoms with Crippen molar-refractivity contribution in [1.29, 1.82) is 0 Å². The van der Waals surface area contributed by atoms with Crippen molar-refractivity contribution in [2.24, 2.45) is 29.0 Å². The summed E-state index contributed by atoms with van der Waals surface area (Å²) in [6, 6.07) is -1.43. The maximum atomic E-state index is 10.0. The Bertz CT molecular complexity index is 296. The zero-order chi connectivity index (χ0) is 17.7. The SMILES string of the molecule is CC(C)[C@H](N)C(=O)O.CC(C)[C@H](N)C(=O)O.NCC(=O)O. The fourth-order valence-corrected chi connectivity index (χ4v) is 0.570. The van der Waals surface area contributed by atoms with Crippen LogP contribution in [0.15, 0.2) is 0 Å². The average molecular weight is 309 g/mol. The number of carboxylic acid groups (broad SMARTS) is 3. The van der Waals surface area contributed by atoms with Crippen LogP contribution in [-0.4, -0.2) is 51.9 Å². The predicted octanol–water partition coefficient (Wildman–Crippen LogP) is -0.862. The Hall–Kier alpha value is -1.71. The first-order valence-electron chi connectivity index (χ1n) is 6.27. The minimum absolute atomic E-state index is 0.0208. The Labute approximate surface area is 124 Å². The summed E-state index contributed by atoms with van der Waals surface area (Å²) in [7, 11) is 0. The molecule has 0 rings (SSSR count). The quantitative estimate of drug-likeness (QED) is 0.375. The molecule has 0 bridgehead atoms. The number of hydrogen-bond acceptors (Lipinski definition) is 6. The summed E-state index contributed by atoms with van der Waals surface area (Å²) in [4.78, 5) is 29.3. The van der Waals surface area contributed by atoms with Gasteiger partial charge in [0.05, 0.1) is 6.54 Å². The summed E-state index contributed by atoms with van der Waals surface area (Å²) in [5.74, 6) is -2.79. The first-order valence-corrected chi connectivity index (χ1v) is 6.27. The van der Waals surface area contributed by atoms with Crippen molar-refractivity contribution < 1.29 is 29.7 Å². The van der Waals surface area contributed by atoms with Crippen LogP contribution < -0.4 is 17.2 Å². The molecule has 21 heavy (non-hydrogen) atoms. The number of aliphatic carboxylic acids is 3. The van der Waals surface area contributed by atoms with Crippen molar-refractivity contribution in [3.05, 3.63) is 0 Å². The van der Waals surface area contributed by atoms with Crippen LogP contribution in [0.5, 0.6) is 0 Å². The highest BCUT2D eigenvalue weighted by Crippen LogP contribution is 1.96. The van der Waals surface area contributed by atoms with E-state index in [1.165, 1.54) is 0 Å². The minimum Gasteiger partial charge on any atom is -0.480 e. The molecule has 0 aliphatic rings. The lowest BCUT2D eigenvalue weighted by Crippen LogP contribution is -2.34. The second-order valence-corrected chi connectivity index (χ2v) is 4.81. The van der Waals surface area contributed by atoms with Crippen LogP contribution in [0.1, 0.15) is 27.7 Å². The van der Waals surface area contributed by atoms with Crippen LogP contribution in [0.3, 0.4) is 0 Å². The summed E-state index contributed by atoms with van der Waals surface area (Å²) in [5.41, 5.74) is 14.9. The van der Waals surface area contributed by atoms with Crippen LogP contribution in [0.2, 0.25) is 0 Å². The van der Waals surface area contributed by atoms with Crippen molar-refractivity contribution in [3.63, 3.8) is 0 Å². The average Bonchev–Trinajstić information content (AvgIpc) is 2.37. The fourth-order valence-electron chi connectivity index (χ4n) is 0.570. The first-order chi connectivity index (χ1) is 9.38. The molecular weight excluding hydrogens is 282 g/mol. The van der Waals surface area contributed by atoms with Gasteiger partial charge in [-0.3, -0.25) is 14.4 Å². The lowest BCUT2D eigenvalue weighted by Gasteiger charge is -2.07. The zero-order valence-corrected chi connectivity index (χ0v) is 12.8. The Kier molecular flexibility index (Phi) is 15.4. The summed E-state index contributed by atoms with van der Waals surface area (Å²) >= 11 is 0. The van der Waals surface area contributed by atoms with Crippen molar-refractivity contribution in [3.8, 4) is 0 Å². The first kappa shape index (κ1) is 24.3. The maximum Gasteiger partial charge on any atom is 0.320 e. The maximum absolute atomic E-state index is 10.0. The fraction of sp³-hybridized carbons (Fsp3) is 0.750. The van der Waals surface area contributed by atoms with Gasteiger partial charge in [0.15, 0.2) is 0 Å². The summed E-state index contributed by atoms with van der Waals surface area (Å²) < 4.78 is 0. The van der Waals surface area contributed by atoms with Gasteiger partial charge in [0.2, 0.25) is 0 Å². The van der Waals surface area contributed by atoms with Crippen LogP contribution in [-0.2, 0) is 14.4 Å². The van der Waals surface area contributed by atoms with E-state index in [1.54, 1.807) is 27.7 Å². The highest BCUT2D eigenvalue weighted by Gasteiger charge is 2.14. The Morgan fingerprint density at radius 1 is 0.810 bits per heavy atom. The molecule has 2 atom stereocenters. The molecule has 0 fully saturated rings. The van der Waals surface area contributed by atoms with Gasteiger partial charge in [0, 0.05) is 0 Å². The van der Waals surface area contributed by atoms with E-state index < -0.39 is 30.0 Å². The van der Waals surface area contributed by atoms with Crippen molar-refractivity contribution in [2.45, 2.75) is 39.8 Å². The second-order valence-electron chi connectivity index (χ2n) is 4.81. The lowest BCUT2D eigenvalue weighted by atomic mass is 10.1. The molecule has 0 aromatic heterocycles. The third-order valence-electron chi connectivity index (χ3n) is 2.18. The van der Waals surface area contributed by atoms with Gasteiger partial charge in [-0.15, -0.1) is 0 Å². The summed E-state index contributed by atoms with van der Waals surface area (Å²) in [6.45, 7) is 6.83. The molecule has 9 N–H and O–H groups in total. The van der Waals surface area contributed by atoms with E-state index >= 15 is 0 Å². The molecule has 0 radical (unpaired) electrons. The van der Waals surface area contributed by atoms with E-state index in [1.807, 2.05) is 0 Å². The summed E-state index contributed by atoms with van der Waals surface area (Å²) in [5, 5.41) is 24.1. The van der Waals surface area contributed by atoms with Crippen molar-refractivity contribution in [1.82, 2.24) is 0 Å². The Balaban J connectivity index is -0.000000239. The largest absolute Gasteiger partial charge is 0.480 e. The molecule has 0 aliphatic carbocycles. The Morgan fingerprint density at radius 3 is 1.00 bits per heavy atom. The van der Waals surface area contributed by atoms with E-state index in [9.17, 15) is 14.4 Å². The standard InChI is InChI=1S/2C5H11NO2.C2H5NO2/c2*1-3(2)4(6)5(7)8;3-1-2(4)5/h2*3-4H,6H2,1-2H3,(H,7,8);1,3H2,(H,4,5)/t2*4-;/m00./s1. The van der Waals surface area contributed by atoms with Gasteiger partial charge >= 0.3 is 17.9 Å². The van der Waals surface area contributed by atoms with E-state index in [2.05, 4.69) is 5.73 Å². The summed E-state index contributed by atoms with van der Waals surface area (Å²) in [6.07, 6.45) is 0. The van der Waals surface area contributed by atoms with Crippen LogP contribution in [0.25, 0.3) is 0 Å². The van der Waals surface area contributed by atoms with Gasteiger partial charge in [-0.25, -0.2) is 0 Å². The molecule has 9 heteroatoms. The lowest BCUT2D eigenvalue weighted by molar-refractivity contribution is -0.140. The zero-order valence-electron chi connectivity index (χ0n) is 12.8. The van der Waals surface area contributed by atoms with Gasteiger partial charge in [-0.2, -0.15) is 0 Å². The molecule has 0 saturated heterocycles. The van der Waals surface area contributed by atoms with Crippen molar-refractivity contribution in [2.75, 3.05) is 6.54 Å². The van der Waals surface area contributed by atoms with Gasteiger partial charge in [0.1, 0.15) is 12.1 Å². The van der Waals surface area contributed by atoms with Crippen LogP contribution >= 0.6 is 0 Å². The molecule has 0 aromatic carbocycles. The number of nitrogens with two attached hydrogens (primary N) is 3. The molecular formula is C12H27N3O6. The van der Waals surface area contributed by atoms with Crippen LogP contribution in [0.4, 0.5) is 0 Å². The van der Waals surface area contributed by atoms with Gasteiger partial charge in [-0.05, 0) is 11.8 Å². The number of rotatable bonds is 5. The molecule has 0 heterocycles. The van der Waals surface area contributed by atoms with Gasteiger partial charge in [-0.1, -0.05) is 27.7 Å². The highest BCUT2D eigenvalue weighted by atomic mass is 16.4. The molecule has 0 amide bonds. The number of carboxylic acids is 3. The molecule has 0 saturated carbocycles. The smallest absolute Gasteiger partial charge is 0.320 e. The minimum atomic E-state index is -0.968. The second kappa shape index (κ2) is 13.3. The van der Waals surface area contributed by atoms with Gasteiger partial charge < -0.3 is 32.5 Å². The number of hydrogen-bond donors (Lipinski definition) is 6. The monoisotopic (exact) mass is 309 g/mol. The third kappa shape index (κ3) is 18.3. The number of carbonyl (C=O) groups is 3.